The quantitative estimate of drug-likeness (QED) is 0.615. The van der Waals surface area contributed by atoms with Crippen LogP contribution in [0.1, 0.15) is 16.9 Å². The summed E-state index contributed by atoms with van der Waals surface area (Å²) in [5, 5.41) is 2.76. The molecule has 0 saturated carbocycles. The van der Waals surface area contributed by atoms with Crippen molar-refractivity contribution in [2.75, 3.05) is 26.3 Å². The van der Waals surface area contributed by atoms with E-state index >= 15 is 0 Å². The molecule has 0 aliphatic rings. The van der Waals surface area contributed by atoms with Crippen LogP contribution in [0.4, 0.5) is 0 Å². The van der Waals surface area contributed by atoms with E-state index in [0.29, 0.717) is 32.0 Å². The molecule has 0 unspecified atom stereocenters. The van der Waals surface area contributed by atoms with Crippen molar-refractivity contribution >= 4 is 5.91 Å². The van der Waals surface area contributed by atoms with Gasteiger partial charge in [0.25, 0.3) is 5.91 Å². The van der Waals surface area contributed by atoms with Crippen molar-refractivity contribution in [3.8, 4) is 0 Å². The molecule has 0 atom stereocenters. The molecule has 6 nitrogen and oxygen atoms in total. The Morgan fingerprint density at radius 2 is 2.44 bits per heavy atom. The second-order valence-electron chi connectivity index (χ2n) is 3.43. The van der Waals surface area contributed by atoms with E-state index in [0.717, 1.165) is 6.42 Å². The molecule has 1 amide bonds. The first-order valence-electron chi connectivity index (χ1n) is 5.28. The highest BCUT2D eigenvalue weighted by Gasteiger charge is 2.06. The number of aryl methyl sites for hydroxylation is 1. The van der Waals surface area contributed by atoms with Gasteiger partial charge in [-0.25, -0.2) is 4.98 Å². The number of nitrogens with one attached hydrogen (secondary N) is 1. The highest BCUT2D eigenvalue weighted by atomic mass is 16.5. The fraction of sp³-hybridized carbons (Fsp3) is 0.600. The first-order chi connectivity index (χ1) is 7.74. The zero-order chi connectivity index (χ0) is 11.8. The molecule has 16 heavy (non-hydrogen) atoms. The Morgan fingerprint density at radius 3 is 3.06 bits per heavy atom. The minimum atomic E-state index is -0.153. The summed E-state index contributed by atoms with van der Waals surface area (Å²) in [5.41, 5.74) is 5.70. The molecule has 1 aromatic rings. The topological polar surface area (TPSA) is 82.2 Å². The zero-order valence-electron chi connectivity index (χ0n) is 9.48. The van der Waals surface area contributed by atoms with E-state index in [2.05, 4.69) is 10.3 Å². The molecular weight excluding hydrogens is 208 g/mol. The molecule has 3 N–H and O–H groups in total. The summed E-state index contributed by atoms with van der Waals surface area (Å²) < 4.78 is 6.91. The SMILES string of the molecule is Cn1cnc(C(=O)NCCCOCCN)c1. The van der Waals surface area contributed by atoms with E-state index in [4.69, 9.17) is 10.5 Å². The van der Waals surface area contributed by atoms with Gasteiger partial charge in [0, 0.05) is 32.9 Å². The summed E-state index contributed by atoms with van der Waals surface area (Å²) in [7, 11) is 1.82. The molecule has 0 aromatic carbocycles. The van der Waals surface area contributed by atoms with Crippen LogP contribution in [-0.2, 0) is 11.8 Å². The van der Waals surface area contributed by atoms with Crippen molar-refractivity contribution in [2.24, 2.45) is 12.8 Å². The predicted molar refractivity (Wildman–Crippen MR) is 60.0 cm³/mol. The first-order valence-corrected chi connectivity index (χ1v) is 5.28. The Balaban J connectivity index is 2.11. The van der Waals surface area contributed by atoms with Gasteiger partial charge in [-0.05, 0) is 6.42 Å². The van der Waals surface area contributed by atoms with Gasteiger partial charge in [0.2, 0.25) is 0 Å². The maximum Gasteiger partial charge on any atom is 0.271 e. The normalized spacial score (nSPS) is 10.4. The van der Waals surface area contributed by atoms with Crippen LogP contribution in [0, 0.1) is 0 Å². The summed E-state index contributed by atoms with van der Waals surface area (Å²) in [6.45, 7) is 2.29. The predicted octanol–water partition coefficient (Wildman–Crippen LogP) is -0.485. The molecule has 0 fully saturated rings. The molecule has 1 heterocycles. The monoisotopic (exact) mass is 226 g/mol. The van der Waals surface area contributed by atoms with Crippen LogP contribution in [0.2, 0.25) is 0 Å². The zero-order valence-corrected chi connectivity index (χ0v) is 9.48. The number of amides is 1. The first kappa shape index (κ1) is 12.7. The minimum Gasteiger partial charge on any atom is -0.380 e. The van der Waals surface area contributed by atoms with Crippen LogP contribution in [0.3, 0.4) is 0 Å². The number of hydrogen-bond acceptors (Lipinski definition) is 4. The fourth-order valence-electron chi connectivity index (χ4n) is 1.18. The van der Waals surface area contributed by atoms with Gasteiger partial charge in [-0.1, -0.05) is 0 Å². The molecule has 0 aliphatic carbocycles. The summed E-state index contributed by atoms with van der Waals surface area (Å²) >= 11 is 0. The molecule has 0 saturated heterocycles. The van der Waals surface area contributed by atoms with Crippen molar-refractivity contribution < 1.29 is 9.53 Å². The van der Waals surface area contributed by atoms with E-state index in [1.807, 2.05) is 7.05 Å². The lowest BCUT2D eigenvalue weighted by molar-refractivity contribution is 0.0938. The number of aromatic nitrogens is 2. The molecule has 1 rings (SSSR count). The summed E-state index contributed by atoms with van der Waals surface area (Å²) in [5.74, 6) is -0.153. The Bertz CT molecular complexity index is 324. The Hall–Kier alpha value is -1.40. The Morgan fingerprint density at radius 1 is 1.62 bits per heavy atom. The van der Waals surface area contributed by atoms with E-state index in [1.165, 1.54) is 0 Å². The fourth-order valence-corrected chi connectivity index (χ4v) is 1.18. The number of ether oxygens (including phenoxy) is 1. The van der Waals surface area contributed by atoms with Gasteiger partial charge in [0.1, 0.15) is 5.69 Å². The van der Waals surface area contributed by atoms with Crippen molar-refractivity contribution in [2.45, 2.75) is 6.42 Å². The van der Waals surface area contributed by atoms with E-state index in [9.17, 15) is 4.79 Å². The van der Waals surface area contributed by atoms with E-state index in [-0.39, 0.29) is 5.91 Å². The highest BCUT2D eigenvalue weighted by Crippen LogP contribution is 1.93. The standard InChI is InChI=1S/C10H18N4O2/c1-14-7-9(13-8-14)10(15)12-4-2-5-16-6-3-11/h7-8H,2-6,11H2,1H3,(H,12,15). The number of carbonyl (C=O) groups is 1. The lowest BCUT2D eigenvalue weighted by atomic mass is 10.4. The van der Waals surface area contributed by atoms with Gasteiger partial charge >= 0.3 is 0 Å². The molecular formula is C10H18N4O2. The third-order valence-corrected chi connectivity index (χ3v) is 1.95. The third kappa shape index (κ3) is 4.41. The van der Waals surface area contributed by atoms with Gasteiger partial charge in [0.15, 0.2) is 0 Å². The van der Waals surface area contributed by atoms with Crippen LogP contribution >= 0.6 is 0 Å². The molecule has 0 spiro atoms. The second-order valence-corrected chi connectivity index (χ2v) is 3.43. The number of nitrogens with two attached hydrogens (primary N) is 1. The average molecular weight is 226 g/mol. The summed E-state index contributed by atoms with van der Waals surface area (Å²) in [4.78, 5) is 15.4. The van der Waals surface area contributed by atoms with Crippen LogP contribution in [0.15, 0.2) is 12.5 Å². The highest BCUT2D eigenvalue weighted by molar-refractivity contribution is 5.91. The third-order valence-electron chi connectivity index (χ3n) is 1.95. The van der Waals surface area contributed by atoms with Crippen molar-refractivity contribution in [1.29, 1.82) is 0 Å². The van der Waals surface area contributed by atoms with Crippen molar-refractivity contribution in [3.63, 3.8) is 0 Å². The maximum absolute atomic E-state index is 11.5. The Labute approximate surface area is 94.8 Å². The number of rotatable bonds is 7. The van der Waals surface area contributed by atoms with Gasteiger partial charge in [-0.2, -0.15) is 0 Å². The van der Waals surface area contributed by atoms with Gasteiger partial charge in [-0.3, -0.25) is 4.79 Å². The van der Waals surface area contributed by atoms with E-state index in [1.54, 1.807) is 17.1 Å². The van der Waals surface area contributed by atoms with E-state index < -0.39 is 0 Å². The molecule has 1 aromatic heterocycles. The molecule has 6 heteroatoms. The number of carbonyl (C=O) groups excluding carboxylic acids is 1. The minimum absolute atomic E-state index is 0.153. The number of imidazole rings is 1. The van der Waals surface area contributed by atoms with Crippen molar-refractivity contribution in [1.82, 2.24) is 14.9 Å². The summed E-state index contributed by atoms with van der Waals surface area (Å²) in [6.07, 6.45) is 4.05. The summed E-state index contributed by atoms with van der Waals surface area (Å²) in [6, 6.07) is 0. The van der Waals surface area contributed by atoms with Gasteiger partial charge in [-0.15, -0.1) is 0 Å². The molecule has 90 valence electrons. The second kappa shape index (κ2) is 6.97. The number of nitrogens with zero attached hydrogens (tertiary/aromatic N) is 2. The lowest BCUT2D eigenvalue weighted by Gasteiger charge is -2.03. The van der Waals surface area contributed by atoms with Crippen molar-refractivity contribution in [3.05, 3.63) is 18.2 Å². The Kier molecular flexibility index (Phi) is 5.52. The smallest absolute Gasteiger partial charge is 0.271 e. The van der Waals surface area contributed by atoms with Crippen LogP contribution < -0.4 is 11.1 Å². The number of hydrogen-bond donors (Lipinski definition) is 2. The molecule has 0 radical (unpaired) electrons. The largest absolute Gasteiger partial charge is 0.380 e. The van der Waals surface area contributed by atoms with Crippen LogP contribution in [-0.4, -0.2) is 41.8 Å². The van der Waals surface area contributed by atoms with Gasteiger partial charge in [0.05, 0.1) is 12.9 Å². The molecule has 0 aliphatic heterocycles. The lowest BCUT2D eigenvalue weighted by Crippen LogP contribution is -2.25. The van der Waals surface area contributed by atoms with Crippen LogP contribution in [0.25, 0.3) is 0 Å². The van der Waals surface area contributed by atoms with Gasteiger partial charge < -0.3 is 20.4 Å². The average Bonchev–Trinajstić information content (AvgIpc) is 2.70. The molecule has 0 bridgehead atoms. The maximum atomic E-state index is 11.5. The van der Waals surface area contributed by atoms with Crippen LogP contribution in [0.5, 0.6) is 0 Å².